The van der Waals surface area contributed by atoms with Crippen molar-refractivity contribution in [2.24, 2.45) is 0 Å². The molecule has 15 heteroatoms. The fourth-order valence-corrected chi connectivity index (χ4v) is 5.06. The molecule has 0 radical (unpaired) electrons. The molecule has 8 N–H and O–H groups in total. The third-order valence-electron chi connectivity index (χ3n) is 7.50. The van der Waals surface area contributed by atoms with E-state index in [0.29, 0.717) is 5.56 Å². The Kier molecular flexibility index (Phi) is 8.48. The third kappa shape index (κ3) is 5.46. The molecule has 2 aromatic rings. The van der Waals surface area contributed by atoms with Crippen LogP contribution in [0.4, 0.5) is 0 Å². The number of carbonyl (C=O) groups excluding carboxylic acids is 1. The highest BCUT2D eigenvalue weighted by Gasteiger charge is 2.53. The molecule has 2 saturated heterocycles. The number of phenols is 2. The van der Waals surface area contributed by atoms with Crippen LogP contribution in [0, 0.1) is 0 Å². The number of fused-ring (bicyclic) bond motifs is 1. The van der Waals surface area contributed by atoms with Crippen LogP contribution in [0.5, 0.6) is 28.7 Å². The summed E-state index contributed by atoms with van der Waals surface area (Å²) in [6.07, 6.45) is -12.2. The highest BCUT2D eigenvalue weighted by molar-refractivity contribution is 6.02. The fourth-order valence-electron chi connectivity index (χ4n) is 5.06. The van der Waals surface area contributed by atoms with Gasteiger partial charge in [-0.3, -0.25) is 4.79 Å². The molecule has 1 unspecified atom stereocenters. The van der Waals surface area contributed by atoms with Crippen LogP contribution in [0.25, 0.3) is 0 Å². The Labute approximate surface area is 238 Å². The molecule has 0 bridgehead atoms. The van der Waals surface area contributed by atoms with Gasteiger partial charge in [0.25, 0.3) is 0 Å². The predicted molar refractivity (Wildman–Crippen MR) is 136 cm³/mol. The topological polar surface area (TPSA) is 234 Å². The van der Waals surface area contributed by atoms with E-state index >= 15 is 0 Å². The summed E-state index contributed by atoms with van der Waals surface area (Å²) in [4.78, 5) is 13.0. The van der Waals surface area contributed by atoms with Gasteiger partial charge in [-0.2, -0.15) is 0 Å². The molecule has 3 heterocycles. The third-order valence-corrected chi connectivity index (χ3v) is 7.50. The van der Waals surface area contributed by atoms with Gasteiger partial charge in [-0.25, -0.2) is 0 Å². The van der Waals surface area contributed by atoms with Crippen LogP contribution < -0.4 is 14.2 Å². The Morgan fingerprint density at radius 1 is 1.02 bits per heavy atom. The van der Waals surface area contributed by atoms with E-state index in [1.807, 2.05) is 0 Å². The van der Waals surface area contributed by atoms with Gasteiger partial charge >= 0.3 is 0 Å². The second-order valence-electron chi connectivity index (χ2n) is 10.3. The van der Waals surface area contributed by atoms with Crippen LogP contribution in [0.3, 0.4) is 0 Å². The number of ketones is 1. The lowest BCUT2D eigenvalue weighted by Gasteiger charge is -2.42. The Bertz CT molecular complexity index is 1300. The van der Waals surface area contributed by atoms with Crippen LogP contribution >= 0.6 is 0 Å². The molecule has 3 aliphatic heterocycles. The monoisotopic (exact) mass is 596 g/mol. The molecule has 15 nitrogen and oxygen atoms in total. The molecule has 0 spiro atoms. The summed E-state index contributed by atoms with van der Waals surface area (Å²) in [7, 11) is 1.37. The molecule has 230 valence electrons. The van der Waals surface area contributed by atoms with Gasteiger partial charge in [0.15, 0.2) is 29.7 Å². The largest absolute Gasteiger partial charge is 0.507 e. The predicted octanol–water partition coefficient (Wildman–Crippen LogP) is -1.54. The van der Waals surface area contributed by atoms with E-state index in [-0.39, 0.29) is 35.0 Å². The van der Waals surface area contributed by atoms with Gasteiger partial charge in [-0.05, 0) is 17.7 Å². The number of aliphatic hydroxyl groups excluding tert-OH is 5. The van der Waals surface area contributed by atoms with E-state index < -0.39 is 86.2 Å². The number of phenolic OH excluding ortho intramolecular Hbond substituents is 2. The SMILES string of the molecule is COc1cc(C2CC(=O)c3c(O)cc(O[C@@H]4O[C@H](CO)[C@@H](O)[C@H](O)[C@H]4O[C@@H]4OC[C@](O)(CO)[C@H]4O)cc3O2)ccc1O. The standard InChI is InChI=1S/C27H32O15/c1-37-17-4-11(2-3-13(17)30)16-7-15(32)20-14(31)5-12(6-18(20)40-16)39-25-23(22(34)21(33)19(8-28)41-25)42-26-24(35)27(36,9-29)10-38-26/h2-6,16,19,21-26,28-31,33-36H,7-10H2,1H3/t16?,19-,21-,22+,23-,24+,25-,26+,27-/m1/s1. The first-order chi connectivity index (χ1) is 20.0. The summed E-state index contributed by atoms with van der Waals surface area (Å²) >= 11 is 0. The van der Waals surface area contributed by atoms with Gasteiger partial charge in [0.1, 0.15) is 58.9 Å². The minimum atomic E-state index is -2.04. The van der Waals surface area contributed by atoms with Crippen molar-refractivity contribution in [1.82, 2.24) is 0 Å². The molecule has 9 atom stereocenters. The molecular formula is C27H32O15. The summed E-state index contributed by atoms with van der Waals surface area (Å²) < 4.78 is 33.4. The molecule has 3 aliphatic rings. The number of aromatic hydroxyl groups is 2. The summed E-state index contributed by atoms with van der Waals surface area (Å²) in [6, 6.07) is 6.83. The molecule has 0 amide bonds. The van der Waals surface area contributed by atoms with E-state index in [9.17, 15) is 45.6 Å². The van der Waals surface area contributed by atoms with Crippen LogP contribution in [-0.4, -0.2) is 122 Å². The van der Waals surface area contributed by atoms with E-state index in [4.69, 9.17) is 28.4 Å². The van der Waals surface area contributed by atoms with Gasteiger partial charge in [-0.1, -0.05) is 6.07 Å². The first-order valence-electron chi connectivity index (χ1n) is 13.0. The first-order valence-corrected chi connectivity index (χ1v) is 13.0. The van der Waals surface area contributed by atoms with Crippen molar-refractivity contribution in [2.75, 3.05) is 26.9 Å². The lowest BCUT2D eigenvalue weighted by molar-refractivity contribution is -0.318. The van der Waals surface area contributed by atoms with Crippen molar-refractivity contribution >= 4 is 5.78 Å². The zero-order valence-corrected chi connectivity index (χ0v) is 22.3. The Morgan fingerprint density at radius 2 is 1.79 bits per heavy atom. The molecule has 2 aromatic carbocycles. The van der Waals surface area contributed by atoms with Gasteiger partial charge in [0.05, 0.1) is 33.4 Å². The number of aliphatic hydroxyl groups is 6. The molecule has 5 rings (SSSR count). The smallest absolute Gasteiger partial charge is 0.229 e. The number of carbonyl (C=O) groups is 1. The quantitative estimate of drug-likeness (QED) is 0.172. The molecule has 0 saturated carbocycles. The minimum absolute atomic E-state index is 0.0478. The van der Waals surface area contributed by atoms with Gasteiger partial charge in [-0.15, -0.1) is 0 Å². The van der Waals surface area contributed by atoms with Crippen molar-refractivity contribution in [1.29, 1.82) is 0 Å². The van der Waals surface area contributed by atoms with E-state index in [0.717, 1.165) is 6.07 Å². The number of ether oxygens (including phenoxy) is 6. The zero-order valence-electron chi connectivity index (χ0n) is 22.3. The summed E-state index contributed by atoms with van der Waals surface area (Å²) in [5, 5.41) is 81.5. The van der Waals surface area contributed by atoms with E-state index in [1.165, 1.54) is 25.3 Å². The second kappa shape index (κ2) is 11.8. The summed E-state index contributed by atoms with van der Waals surface area (Å²) in [5.74, 6) is -1.02. The maximum atomic E-state index is 13.0. The Morgan fingerprint density at radius 3 is 2.45 bits per heavy atom. The van der Waals surface area contributed by atoms with Crippen molar-refractivity contribution in [2.45, 2.75) is 61.2 Å². The van der Waals surface area contributed by atoms with Crippen LogP contribution in [0.15, 0.2) is 30.3 Å². The van der Waals surface area contributed by atoms with Gasteiger partial charge in [0, 0.05) is 12.1 Å². The second-order valence-corrected chi connectivity index (χ2v) is 10.3. The van der Waals surface area contributed by atoms with Crippen LogP contribution in [-0.2, 0) is 14.2 Å². The normalized spacial score (nSPS) is 34.5. The summed E-state index contributed by atoms with van der Waals surface area (Å²) in [6.45, 7) is -2.06. The summed E-state index contributed by atoms with van der Waals surface area (Å²) in [5.41, 5.74) is -1.63. The van der Waals surface area contributed by atoms with Crippen molar-refractivity contribution in [3.63, 3.8) is 0 Å². The van der Waals surface area contributed by atoms with Crippen molar-refractivity contribution in [3.8, 4) is 28.7 Å². The number of rotatable bonds is 8. The molecule has 0 aromatic heterocycles. The Balaban J connectivity index is 1.41. The lowest BCUT2D eigenvalue weighted by atomic mass is 9.95. The number of Topliss-reactive ketones (excluding diaryl/α,β-unsaturated/α-hetero) is 1. The van der Waals surface area contributed by atoms with Gasteiger partial charge in [0.2, 0.25) is 6.29 Å². The number of hydrogen-bond donors (Lipinski definition) is 8. The van der Waals surface area contributed by atoms with E-state index in [2.05, 4.69) is 0 Å². The first kappa shape index (κ1) is 30.2. The molecular weight excluding hydrogens is 564 g/mol. The van der Waals surface area contributed by atoms with Crippen LogP contribution in [0.2, 0.25) is 0 Å². The number of methoxy groups -OCH3 is 1. The maximum Gasteiger partial charge on any atom is 0.229 e. The van der Waals surface area contributed by atoms with Crippen LogP contribution in [0.1, 0.15) is 28.4 Å². The lowest BCUT2D eigenvalue weighted by Crippen LogP contribution is -2.62. The highest BCUT2D eigenvalue weighted by Crippen LogP contribution is 2.44. The highest BCUT2D eigenvalue weighted by atomic mass is 16.8. The molecule has 2 fully saturated rings. The number of benzene rings is 2. The van der Waals surface area contributed by atoms with Gasteiger partial charge < -0.3 is 69.3 Å². The van der Waals surface area contributed by atoms with E-state index in [1.54, 1.807) is 6.07 Å². The average molecular weight is 597 g/mol. The molecule has 42 heavy (non-hydrogen) atoms. The maximum absolute atomic E-state index is 13.0. The average Bonchev–Trinajstić information content (AvgIpc) is 3.25. The Hall–Kier alpha value is -3.25. The fraction of sp³-hybridized carbons (Fsp3) is 0.519. The van der Waals surface area contributed by atoms with Crippen molar-refractivity contribution < 1.29 is 74.1 Å². The zero-order chi connectivity index (χ0) is 30.3. The van der Waals surface area contributed by atoms with Crippen molar-refractivity contribution in [3.05, 3.63) is 41.5 Å². The molecule has 0 aliphatic carbocycles. The minimum Gasteiger partial charge on any atom is -0.507 e. The number of hydrogen-bond acceptors (Lipinski definition) is 15.